The van der Waals surface area contributed by atoms with Gasteiger partial charge in [0.25, 0.3) is 5.91 Å². The number of rotatable bonds is 10. The zero-order valence-electron chi connectivity index (χ0n) is 18.0. The third-order valence-electron chi connectivity index (χ3n) is 4.41. The number of aryl methyl sites for hydroxylation is 1. The molecule has 164 valence electrons. The van der Waals surface area contributed by atoms with Gasteiger partial charge < -0.3 is 18.8 Å². The molecule has 1 amide bonds. The quantitative estimate of drug-likeness (QED) is 0.293. The molecule has 1 aromatic heterocycles. The molecule has 8 nitrogen and oxygen atoms in total. The number of hydrazone groups is 1. The van der Waals surface area contributed by atoms with E-state index < -0.39 is 0 Å². The predicted octanol–water partition coefficient (Wildman–Crippen LogP) is 3.62. The minimum absolute atomic E-state index is 0.199. The lowest BCUT2D eigenvalue weighted by Crippen LogP contribution is -2.19. The van der Waals surface area contributed by atoms with Crippen molar-refractivity contribution in [2.24, 2.45) is 12.1 Å². The number of aromatic nitrogens is 2. The van der Waals surface area contributed by atoms with Gasteiger partial charge in [0.05, 0.1) is 43.8 Å². The second-order valence-corrected chi connectivity index (χ2v) is 7.57. The fraction of sp³-hybridized carbons (Fsp3) is 0.318. The van der Waals surface area contributed by atoms with Crippen LogP contribution in [0, 0.1) is 0 Å². The third kappa shape index (κ3) is 5.49. The number of thioether (sulfide) groups is 1. The van der Waals surface area contributed by atoms with Crippen molar-refractivity contribution < 1.29 is 19.0 Å². The van der Waals surface area contributed by atoms with Crippen LogP contribution >= 0.6 is 11.8 Å². The average molecular weight is 443 g/mol. The Morgan fingerprint density at radius 2 is 1.94 bits per heavy atom. The van der Waals surface area contributed by atoms with Crippen LogP contribution in [-0.4, -0.2) is 48.3 Å². The smallest absolute Gasteiger partial charge is 0.250 e. The monoisotopic (exact) mass is 442 g/mol. The first-order chi connectivity index (χ1) is 15.1. The lowest BCUT2D eigenvalue weighted by Gasteiger charge is -2.14. The Labute approximate surface area is 185 Å². The molecule has 9 heteroatoms. The highest BCUT2D eigenvalue weighted by Gasteiger charge is 2.14. The van der Waals surface area contributed by atoms with Crippen LogP contribution in [0.15, 0.2) is 46.7 Å². The van der Waals surface area contributed by atoms with Crippen LogP contribution in [0.3, 0.4) is 0 Å². The molecule has 0 saturated heterocycles. The summed E-state index contributed by atoms with van der Waals surface area (Å²) < 4.78 is 18.5. The Hall–Kier alpha value is -3.20. The predicted molar refractivity (Wildman–Crippen MR) is 123 cm³/mol. The van der Waals surface area contributed by atoms with E-state index in [4.69, 9.17) is 14.2 Å². The molecule has 0 bridgehead atoms. The molecule has 0 aliphatic carbocycles. The number of nitrogens with zero attached hydrogens (tertiary/aromatic N) is 3. The van der Waals surface area contributed by atoms with Crippen LogP contribution in [0.2, 0.25) is 0 Å². The largest absolute Gasteiger partial charge is 0.493 e. The molecular weight excluding hydrogens is 416 g/mol. The lowest BCUT2D eigenvalue weighted by atomic mass is 10.2. The van der Waals surface area contributed by atoms with E-state index >= 15 is 0 Å². The maximum atomic E-state index is 12.2. The Balaban J connectivity index is 1.61. The molecule has 0 saturated carbocycles. The van der Waals surface area contributed by atoms with Crippen LogP contribution in [0.4, 0.5) is 0 Å². The minimum Gasteiger partial charge on any atom is -0.493 e. The van der Waals surface area contributed by atoms with E-state index in [1.54, 1.807) is 26.4 Å². The van der Waals surface area contributed by atoms with Gasteiger partial charge in [0.15, 0.2) is 16.7 Å². The summed E-state index contributed by atoms with van der Waals surface area (Å²) in [6.45, 7) is 2.58. The first-order valence-electron chi connectivity index (χ1n) is 9.82. The van der Waals surface area contributed by atoms with Crippen molar-refractivity contribution in [3.05, 3.63) is 42.0 Å². The zero-order valence-corrected chi connectivity index (χ0v) is 18.9. The van der Waals surface area contributed by atoms with Crippen molar-refractivity contribution >= 4 is 34.9 Å². The Morgan fingerprint density at radius 3 is 2.58 bits per heavy atom. The molecule has 0 fully saturated rings. The Morgan fingerprint density at radius 1 is 1.23 bits per heavy atom. The molecule has 1 heterocycles. The van der Waals surface area contributed by atoms with Crippen LogP contribution in [-0.2, 0) is 11.8 Å². The van der Waals surface area contributed by atoms with Gasteiger partial charge in [-0.2, -0.15) is 5.10 Å². The zero-order chi connectivity index (χ0) is 22.2. The summed E-state index contributed by atoms with van der Waals surface area (Å²) in [6, 6.07) is 11.4. The van der Waals surface area contributed by atoms with Gasteiger partial charge >= 0.3 is 0 Å². The molecule has 1 N–H and O–H groups in total. The van der Waals surface area contributed by atoms with Crippen molar-refractivity contribution in [1.82, 2.24) is 15.0 Å². The molecule has 0 aliphatic heterocycles. The number of amides is 1. The summed E-state index contributed by atoms with van der Waals surface area (Å²) >= 11 is 1.36. The highest BCUT2D eigenvalue weighted by Crippen LogP contribution is 2.38. The number of methoxy groups -OCH3 is 2. The van der Waals surface area contributed by atoms with E-state index in [0.29, 0.717) is 29.4 Å². The van der Waals surface area contributed by atoms with E-state index in [2.05, 4.69) is 15.5 Å². The maximum Gasteiger partial charge on any atom is 0.250 e. The highest BCUT2D eigenvalue weighted by atomic mass is 32.2. The normalized spacial score (nSPS) is 11.1. The van der Waals surface area contributed by atoms with Gasteiger partial charge in [-0.1, -0.05) is 30.8 Å². The van der Waals surface area contributed by atoms with E-state index in [0.717, 1.165) is 22.6 Å². The van der Waals surface area contributed by atoms with E-state index in [9.17, 15) is 4.79 Å². The van der Waals surface area contributed by atoms with Crippen LogP contribution in [0.5, 0.6) is 17.2 Å². The van der Waals surface area contributed by atoms with Crippen LogP contribution < -0.4 is 19.6 Å². The van der Waals surface area contributed by atoms with Crippen molar-refractivity contribution in [3.8, 4) is 17.2 Å². The van der Waals surface area contributed by atoms with Gasteiger partial charge in [-0.15, -0.1) is 0 Å². The number of imidazole rings is 1. The molecule has 2 aromatic carbocycles. The summed E-state index contributed by atoms with van der Waals surface area (Å²) in [5, 5.41) is 4.82. The molecule has 0 spiro atoms. The average Bonchev–Trinajstić information content (AvgIpc) is 3.11. The topological polar surface area (TPSA) is 87.0 Å². The van der Waals surface area contributed by atoms with E-state index in [1.165, 1.54) is 18.0 Å². The van der Waals surface area contributed by atoms with Crippen molar-refractivity contribution in [3.63, 3.8) is 0 Å². The van der Waals surface area contributed by atoms with Crippen LogP contribution in [0.25, 0.3) is 11.0 Å². The van der Waals surface area contributed by atoms with Gasteiger partial charge in [0.1, 0.15) is 0 Å². The molecule has 0 aliphatic rings. The number of ether oxygens (including phenoxy) is 3. The SMILES string of the molecule is CCCOc1c(OC)cc(/C=N\NC(=O)CSc2nc3ccccc3n2C)cc1OC. The molecule has 3 aromatic rings. The van der Waals surface area contributed by atoms with Crippen LogP contribution in [0.1, 0.15) is 18.9 Å². The third-order valence-corrected chi connectivity index (χ3v) is 5.44. The standard InChI is InChI=1S/C22H26N4O4S/c1-5-10-30-21-18(28-3)11-15(12-19(21)29-4)13-23-25-20(27)14-31-22-24-16-8-6-7-9-17(16)26(22)2/h6-9,11-13H,5,10,14H2,1-4H3,(H,25,27)/b23-13-. The Kier molecular flexibility index (Phi) is 7.77. The van der Waals surface area contributed by atoms with Gasteiger partial charge in [-0.25, -0.2) is 10.4 Å². The fourth-order valence-corrected chi connectivity index (χ4v) is 3.69. The summed E-state index contributed by atoms with van der Waals surface area (Å²) in [7, 11) is 5.06. The minimum atomic E-state index is -0.227. The number of fused-ring (bicyclic) bond motifs is 1. The molecule has 0 radical (unpaired) electrons. The molecule has 0 unspecified atom stereocenters. The number of hydrogen-bond acceptors (Lipinski definition) is 7. The van der Waals surface area contributed by atoms with Crippen molar-refractivity contribution in [1.29, 1.82) is 0 Å². The molecule has 3 rings (SSSR count). The molecule has 0 atom stereocenters. The second kappa shape index (κ2) is 10.7. The lowest BCUT2D eigenvalue weighted by molar-refractivity contribution is -0.118. The summed E-state index contributed by atoms with van der Waals surface area (Å²) in [5.41, 5.74) is 5.18. The van der Waals surface area contributed by atoms with Gasteiger partial charge in [-0.05, 0) is 30.7 Å². The summed E-state index contributed by atoms with van der Waals surface area (Å²) in [6.07, 6.45) is 2.40. The fourth-order valence-electron chi connectivity index (χ4n) is 2.91. The number of hydrogen-bond donors (Lipinski definition) is 1. The summed E-state index contributed by atoms with van der Waals surface area (Å²) in [4.78, 5) is 16.7. The van der Waals surface area contributed by atoms with E-state index in [-0.39, 0.29) is 11.7 Å². The number of benzene rings is 2. The van der Waals surface area contributed by atoms with Gasteiger partial charge in [-0.3, -0.25) is 4.79 Å². The summed E-state index contributed by atoms with van der Waals surface area (Å²) in [5.74, 6) is 1.60. The molecule has 31 heavy (non-hydrogen) atoms. The number of carbonyl (C=O) groups is 1. The number of carbonyl (C=O) groups excluding carboxylic acids is 1. The van der Waals surface area contributed by atoms with Crippen molar-refractivity contribution in [2.45, 2.75) is 18.5 Å². The number of para-hydroxylation sites is 2. The maximum absolute atomic E-state index is 12.2. The first-order valence-corrected chi connectivity index (χ1v) is 10.8. The second-order valence-electron chi connectivity index (χ2n) is 6.63. The number of nitrogens with one attached hydrogen (secondary N) is 1. The van der Waals surface area contributed by atoms with Gasteiger partial charge in [0.2, 0.25) is 5.75 Å². The highest BCUT2D eigenvalue weighted by molar-refractivity contribution is 7.99. The van der Waals surface area contributed by atoms with Gasteiger partial charge in [0, 0.05) is 12.6 Å². The first kappa shape index (κ1) is 22.5. The van der Waals surface area contributed by atoms with E-state index in [1.807, 2.05) is 42.8 Å². The Bertz CT molecular complexity index is 1060. The van der Waals surface area contributed by atoms with Crippen molar-refractivity contribution in [2.75, 3.05) is 26.6 Å². The molecular formula is C22H26N4O4S.